The van der Waals surface area contributed by atoms with Crippen LogP contribution in [-0.4, -0.2) is 12.5 Å². The molecule has 86 valence electrons. The van der Waals surface area contributed by atoms with E-state index in [4.69, 9.17) is 0 Å². The quantitative estimate of drug-likeness (QED) is 0.708. The fourth-order valence-electron chi connectivity index (χ4n) is 2.46. The molecule has 0 unspecified atom stereocenters. The predicted octanol–water partition coefficient (Wildman–Crippen LogP) is 3.07. The molecule has 0 N–H and O–H groups in total. The summed E-state index contributed by atoms with van der Waals surface area (Å²) in [5, 5.41) is 0. The summed E-state index contributed by atoms with van der Waals surface area (Å²) < 4.78 is 0. The molecule has 1 atom stereocenters. The summed E-state index contributed by atoms with van der Waals surface area (Å²) in [6.07, 6.45) is 1.72. The van der Waals surface area contributed by atoms with Crippen molar-refractivity contribution in [2.75, 3.05) is 11.4 Å². The fourth-order valence-corrected chi connectivity index (χ4v) is 2.46. The van der Waals surface area contributed by atoms with Crippen LogP contribution in [0.5, 0.6) is 0 Å². The molecule has 1 amide bonds. The zero-order valence-electron chi connectivity index (χ0n) is 10.3. The predicted molar refractivity (Wildman–Crippen MR) is 66.7 cm³/mol. The van der Waals surface area contributed by atoms with Gasteiger partial charge in [0.2, 0.25) is 5.91 Å². The summed E-state index contributed by atoms with van der Waals surface area (Å²) in [7, 11) is 0. The van der Waals surface area contributed by atoms with Gasteiger partial charge in [0, 0.05) is 18.7 Å². The first-order valence-electron chi connectivity index (χ1n) is 5.96. The molecule has 2 heteroatoms. The van der Waals surface area contributed by atoms with Gasteiger partial charge in [-0.15, -0.1) is 0 Å². The number of hydrogen-bond donors (Lipinski definition) is 0. The molecule has 2 rings (SSSR count). The number of rotatable bonds is 1. The van der Waals surface area contributed by atoms with Gasteiger partial charge in [-0.2, -0.15) is 0 Å². The van der Waals surface area contributed by atoms with E-state index in [1.165, 1.54) is 11.1 Å². The van der Waals surface area contributed by atoms with Crippen LogP contribution >= 0.6 is 0 Å². The van der Waals surface area contributed by atoms with Crippen molar-refractivity contribution in [3.8, 4) is 0 Å². The molecular formula is C14H19NO. The Kier molecular flexibility index (Phi) is 2.99. The number of carbonyl (C=O) groups is 1. The van der Waals surface area contributed by atoms with Crippen molar-refractivity contribution in [1.82, 2.24) is 0 Å². The summed E-state index contributed by atoms with van der Waals surface area (Å²) in [4.78, 5) is 13.9. The van der Waals surface area contributed by atoms with Crippen molar-refractivity contribution in [2.24, 2.45) is 5.92 Å². The molecule has 0 bridgehead atoms. The third kappa shape index (κ3) is 1.97. The Morgan fingerprint density at radius 1 is 1.25 bits per heavy atom. The zero-order valence-corrected chi connectivity index (χ0v) is 10.3. The van der Waals surface area contributed by atoms with Gasteiger partial charge in [-0.1, -0.05) is 25.1 Å². The lowest BCUT2D eigenvalue weighted by Gasteiger charge is -2.33. The molecule has 0 spiro atoms. The number of carbonyl (C=O) groups excluding carboxylic acids is 1. The van der Waals surface area contributed by atoms with Gasteiger partial charge in [-0.25, -0.2) is 0 Å². The molecule has 1 aromatic rings. The summed E-state index contributed by atoms with van der Waals surface area (Å²) >= 11 is 0. The molecule has 0 radical (unpaired) electrons. The van der Waals surface area contributed by atoms with Crippen molar-refractivity contribution >= 4 is 11.6 Å². The van der Waals surface area contributed by atoms with Gasteiger partial charge in [-0.05, 0) is 37.3 Å². The second kappa shape index (κ2) is 4.28. The Labute approximate surface area is 97.3 Å². The first-order valence-corrected chi connectivity index (χ1v) is 5.96. The Morgan fingerprint density at radius 3 is 2.50 bits per heavy atom. The molecule has 0 aromatic heterocycles. The average Bonchev–Trinajstić information content (AvgIpc) is 2.23. The Bertz CT molecular complexity index is 391. The molecular weight excluding hydrogens is 198 g/mol. The second-order valence-electron chi connectivity index (χ2n) is 4.89. The maximum atomic E-state index is 12.0. The monoisotopic (exact) mass is 217 g/mol. The number of aryl methyl sites for hydroxylation is 2. The van der Waals surface area contributed by atoms with Crippen LogP contribution in [-0.2, 0) is 4.79 Å². The summed E-state index contributed by atoms with van der Waals surface area (Å²) in [5.74, 6) is 0.882. The van der Waals surface area contributed by atoms with Crippen LogP contribution in [0, 0.1) is 19.8 Å². The molecule has 1 aliphatic heterocycles. The average molecular weight is 217 g/mol. The smallest absolute Gasteiger partial charge is 0.227 e. The summed E-state index contributed by atoms with van der Waals surface area (Å²) in [5.41, 5.74) is 3.52. The van der Waals surface area contributed by atoms with E-state index < -0.39 is 0 Å². The number of anilines is 1. The van der Waals surface area contributed by atoms with Gasteiger partial charge in [0.05, 0.1) is 0 Å². The second-order valence-corrected chi connectivity index (χ2v) is 4.89. The van der Waals surface area contributed by atoms with Gasteiger partial charge in [-0.3, -0.25) is 4.79 Å². The third-order valence-electron chi connectivity index (χ3n) is 3.36. The van der Waals surface area contributed by atoms with Crippen molar-refractivity contribution in [3.05, 3.63) is 29.3 Å². The van der Waals surface area contributed by atoms with E-state index >= 15 is 0 Å². The lowest BCUT2D eigenvalue weighted by molar-refractivity contribution is -0.120. The van der Waals surface area contributed by atoms with Crippen LogP contribution in [0.25, 0.3) is 0 Å². The highest BCUT2D eigenvalue weighted by Gasteiger charge is 2.25. The first kappa shape index (κ1) is 11.2. The maximum Gasteiger partial charge on any atom is 0.227 e. The van der Waals surface area contributed by atoms with Crippen LogP contribution in [0.2, 0.25) is 0 Å². The van der Waals surface area contributed by atoms with Crippen LogP contribution in [0.15, 0.2) is 18.2 Å². The van der Waals surface area contributed by atoms with Crippen molar-refractivity contribution in [1.29, 1.82) is 0 Å². The molecule has 2 nitrogen and oxygen atoms in total. The van der Waals surface area contributed by atoms with E-state index in [0.717, 1.165) is 18.7 Å². The number of amides is 1. The minimum Gasteiger partial charge on any atom is -0.312 e. The molecule has 1 aliphatic rings. The van der Waals surface area contributed by atoms with Crippen LogP contribution in [0.3, 0.4) is 0 Å². The van der Waals surface area contributed by atoms with E-state index in [-0.39, 0.29) is 5.91 Å². The van der Waals surface area contributed by atoms with Crippen molar-refractivity contribution in [2.45, 2.75) is 33.6 Å². The first-order chi connectivity index (χ1) is 7.59. The van der Waals surface area contributed by atoms with E-state index in [1.54, 1.807) is 0 Å². The lowest BCUT2D eigenvalue weighted by Crippen LogP contribution is -2.40. The number of nitrogens with zero attached hydrogens (tertiary/aromatic N) is 1. The highest BCUT2D eigenvalue weighted by Crippen LogP contribution is 2.29. The molecule has 1 saturated heterocycles. The zero-order chi connectivity index (χ0) is 11.7. The van der Waals surface area contributed by atoms with Gasteiger partial charge < -0.3 is 4.90 Å². The van der Waals surface area contributed by atoms with Crippen LogP contribution < -0.4 is 4.90 Å². The van der Waals surface area contributed by atoms with Crippen LogP contribution in [0.1, 0.15) is 30.9 Å². The standard InChI is InChI=1S/C14H19NO/c1-10-7-8-13(16)15(9-10)14-11(2)5-4-6-12(14)3/h4-6,10H,7-9H2,1-3H3/t10-/m0/s1. The van der Waals surface area contributed by atoms with Gasteiger partial charge in [0.15, 0.2) is 0 Å². The Balaban J connectivity index is 2.38. The van der Waals surface area contributed by atoms with Gasteiger partial charge in [0.25, 0.3) is 0 Å². The molecule has 1 aromatic carbocycles. The fraction of sp³-hybridized carbons (Fsp3) is 0.500. The Hall–Kier alpha value is -1.31. The number of para-hydroxylation sites is 1. The molecule has 16 heavy (non-hydrogen) atoms. The third-order valence-corrected chi connectivity index (χ3v) is 3.36. The minimum absolute atomic E-state index is 0.274. The number of benzene rings is 1. The van der Waals surface area contributed by atoms with Crippen LogP contribution in [0.4, 0.5) is 5.69 Å². The maximum absolute atomic E-state index is 12.0. The Morgan fingerprint density at radius 2 is 1.88 bits per heavy atom. The highest BCUT2D eigenvalue weighted by molar-refractivity contribution is 5.95. The molecule has 1 heterocycles. The van der Waals surface area contributed by atoms with Gasteiger partial charge in [0.1, 0.15) is 0 Å². The minimum atomic E-state index is 0.274. The summed E-state index contributed by atoms with van der Waals surface area (Å²) in [6.45, 7) is 7.24. The number of hydrogen-bond acceptors (Lipinski definition) is 1. The summed E-state index contributed by atoms with van der Waals surface area (Å²) in [6, 6.07) is 6.20. The topological polar surface area (TPSA) is 20.3 Å². The lowest BCUT2D eigenvalue weighted by atomic mass is 9.97. The van der Waals surface area contributed by atoms with Crippen molar-refractivity contribution in [3.63, 3.8) is 0 Å². The van der Waals surface area contributed by atoms with E-state index in [1.807, 2.05) is 11.0 Å². The number of piperidine rings is 1. The highest BCUT2D eigenvalue weighted by atomic mass is 16.2. The van der Waals surface area contributed by atoms with E-state index in [9.17, 15) is 4.79 Å². The largest absolute Gasteiger partial charge is 0.312 e. The molecule has 0 aliphatic carbocycles. The van der Waals surface area contributed by atoms with Crippen molar-refractivity contribution < 1.29 is 4.79 Å². The molecule has 1 fully saturated rings. The normalized spacial score (nSPS) is 21.3. The van der Waals surface area contributed by atoms with Gasteiger partial charge >= 0.3 is 0 Å². The van der Waals surface area contributed by atoms with E-state index in [2.05, 4.69) is 32.9 Å². The molecule has 0 saturated carbocycles. The van der Waals surface area contributed by atoms with E-state index in [0.29, 0.717) is 12.3 Å². The SMILES string of the molecule is Cc1cccc(C)c1N1C[C@@H](C)CCC1=O.